The fourth-order valence-corrected chi connectivity index (χ4v) is 5.65. The molecule has 0 bridgehead atoms. The van der Waals surface area contributed by atoms with Crippen LogP contribution in [0.15, 0.2) is 29.3 Å². The van der Waals surface area contributed by atoms with Crippen molar-refractivity contribution in [3.63, 3.8) is 0 Å². The van der Waals surface area contributed by atoms with E-state index in [-0.39, 0.29) is 5.41 Å². The van der Waals surface area contributed by atoms with Crippen LogP contribution < -0.4 is 0 Å². The van der Waals surface area contributed by atoms with Gasteiger partial charge < -0.3 is 0 Å². The second-order valence-electron chi connectivity index (χ2n) is 10.8. The van der Waals surface area contributed by atoms with E-state index in [2.05, 4.69) is 44.3 Å². The van der Waals surface area contributed by atoms with Gasteiger partial charge in [-0.05, 0) is 24.5 Å². The zero-order valence-corrected chi connectivity index (χ0v) is 22.4. The Labute approximate surface area is 207 Å². The molecule has 1 nitrogen and oxygen atoms in total. The molecule has 0 N–H and O–H groups in total. The van der Waals surface area contributed by atoms with E-state index in [0.717, 1.165) is 0 Å². The molecule has 1 heterocycles. The highest BCUT2D eigenvalue weighted by molar-refractivity contribution is 5.85. The smallest absolute Gasteiger partial charge is 0.0667 e. The predicted molar refractivity (Wildman–Crippen MR) is 149 cm³/mol. The summed E-state index contributed by atoms with van der Waals surface area (Å²) in [6.07, 6.45) is 33.2. The van der Waals surface area contributed by atoms with Crippen molar-refractivity contribution in [1.29, 1.82) is 0 Å². The van der Waals surface area contributed by atoms with Gasteiger partial charge in [-0.15, -0.1) is 0 Å². The normalized spacial score (nSPS) is 14.1. The minimum atomic E-state index is 0.219. The van der Waals surface area contributed by atoms with E-state index < -0.39 is 0 Å². The van der Waals surface area contributed by atoms with E-state index in [1.165, 1.54) is 153 Å². The molecule has 1 heteroatoms. The molecule has 1 aromatic carbocycles. The number of para-hydroxylation sites is 1. The first-order valence-electron chi connectivity index (χ1n) is 15.0. The summed E-state index contributed by atoms with van der Waals surface area (Å²) >= 11 is 0. The number of hydrogen-bond donors (Lipinski definition) is 0. The molecule has 0 fully saturated rings. The first-order chi connectivity index (χ1) is 16.3. The molecule has 2 rings (SSSR count). The lowest BCUT2D eigenvalue weighted by molar-refractivity contribution is 0.436. The summed E-state index contributed by atoms with van der Waals surface area (Å²) in [7, 11) is 0. The van der Waals surface area contributed by atoms with Gasteiger partial charge in [0.2, 0.25) is 0 Å². The molecule has 0 atom stereocenters. The number of hydrogen-bond acceptors (Lipinski definition) is 1. The second kappa shape index (κ2) is 18.2. The fraction of sp³-hybridized carbons (Fsp3) is 0.781. The summed E-state index contributed by atoms with van der Waals surface area (Å²) in [4.78, 5) is 4.86. The van der Waals surface area contributed by atoms with Crippen molar-refractivity contribution in [2.24, 2.45) is 4.99 Å². The van der Waals surface area contributed by atoms with E-state index >= 15 is 0 Å². The summed E-state index contributed by atoms with van der Waals surface area (Å²) in [5.74, 6) is 0. The number of nitrogens with zero attached hydrogens (tertiary/aromatic N) is 1. The molecule has 188 valence electrons. The first-order valence-corrected chi connectivity index (χ1v) is 15.0. The van der Waals surface area contributed by atoms with Gasteiger partial charge in [0.05, 0.1) is 5.69 Å². The van der Waals surface area contributed by atoms with E-state index in [1.807, 2.05) is 0 Å². The zero-order valence-electron chi connectivity index (χ0n) is 22.4. The summed E-state index contributed by atoms with van der Waals surface area (Å²) < 4.78 is 0. The Bertz CT molecular complexity index is 593. The molecule has 0 saturated heterocycles. The molecule has 0 amide bonds. The predicted octanol–water partition coefficient (Wildman–Crippen LogP) is 11.3. The number of unbranched alkanes of at least 4 members (excludes halogenated alkanes) is 18. The Morgan fingerprint density at radius 1 is 0.515 bits per heavy atom. The largest absolute Gasteiger partial charge is 0.260 e. The number of fused-ring (bicyclic) bond motifs is 1. The lowest BCUT2D eigenvalue weighted by Crippen LogP contribution is -2.25. The number of benzene rings is 1. The summed E-state index contributed by atoms with van der Waals surface area (Å²) in [6, 6.07) is 8.94. The van der Waals surface area contributed by atoms with Crippen LogP contribution in [0, 0.1) is 0 Å². The summed E-state index contributed by atoms with van der Waals surface area (Å²) in [5, 5.41) is 0. The Morgan fingerprint density at radius 2 is 0.909 bits per heavy atom. The van der Waals surface area contributed by atoms with Crippen LogP contribution >= 0.6 is 0 Å². The maximum Gasteiger partial charge on any atom is 0.0667 e. The maximum atomic E-state index is 4.86. The van der Waals surface area contributed by atoms with Gasteiger partial charge in [0.15, 0.2) is 0 Å². The van der Waals surface area contributed by atoms with E-state index in [0.29, 0.717) is 0 Å². The van der Waals surface area contributed by atoms with Gasteiger partial charge in [-0.3, -0.25) is 4.99 Å². The standard InChI is InChI=1S/C32H55N/c1-3-5-7-9-11-13-15-17-19-23-27-32(29-33-31-26-22-21-25-30(31)32)28-24-20-18-16-14-12-10-8-6-4-2/h21-22,25-26,29H,3-20,23-24,27-28H2,1-2H3. The Balaban J connectivity index is 1.64. The molecular weight excluding hydrogens is 398 g/mol. The van der Waals surface area contributed by atoms with E-state index in [9.17, 15) is 0 Å². The van der Waals surface area contributed by atoms with Gasteiger partial charge in [0.1, 0.15) is 0 Å². The Kier molecular flexibility index (Phi) is 15.6. The zero-order chi connectivity index (χ0) is 23.5. The number of aliphatic imine (C=N–C) groups is 1. The quantitative estimate of drug-likeness (QED) is 0.155. The Hall–Kier alpha value is -1.11. The molecular formula is C32H55N. The van der Waals surface area contributed by atoms with E-state index in [4.69, 9.17) is 4.99 Å². The lowest BCUT2D eigenvalue weighted by atomic mass is 9.74. The first kappa shape index (κ1) is 28.1. The highest BCUT2D eigenvalue weighted by atomic mass is 14.8. The van der Waals surface area contributed by atoms with Crippen LogP contribution in [-0.4, -0.2) is 6.21 Å². The highest BCUT2D eigenvalue weighted by Gasteiger charge is 2.34. The van der Waals surface area contributed by atoms with Crippen molar-refractivity contribution < 1.29 is 0 Å². The topological polar surface area (TPSA) is 12.4 Å². The second-order valence-corrected chi connectivity index (χ2v) is 10.8. The van der Waals surface area contributed by atoms with Gasteiger partial charge in [0, 0.05) is 11.6 Å². The van der Waals surface area contributed by atoms with Gasteiger partial charge in [-0.2, -0.15) is 0 Å². The van der Waals surface area contributed by atoms with Crippen molar-refractivity contribution >= 4 is 11.9 Å². The molecule has 0 radical (unpaired) electrons. The summed E-state index contributed by atoms with van der Waals surface area (Å²) in [5.41, 5.74) is 2.96. The molecule has 0 aliphatic carbocycles. The fourth-order valence-electron chi connectivity index (χ4n) is 5.65. The van der Waals surface area contributed by atoms with Crippen molar-refractivity contribution in [2.75, 3.05) is 0 Å². The third-order valence-electron chi connectivity index (χ3n) is 7.84. The number of rotatable bonds is 22. The lowest BCUT2D eigenvalue weighted by Gasteiger charge is -2.28. The average molecular weight is 454 g/mol. The molecule has 0 unspecified atom stereocenters. The van der Waals surface area contributed by atoms with Crippen LogP contribution in [0.5, 0.6) is 0 Å². The SMILES string of the molecule is CCCCCCCCCCCCC1(CCCCCCCCCCCC)C=Nc2ccccc21. The molecule has 0 aromatic heterocycles. The average Bonchev–Trinajstić information content (AvgIpc) is 3.20. The van der Waals surface area contributed by atoms with Gasteiger partial charge in [-0.1, -0.05) is 160 Å². The van der Waals surface area contributed by atoms with E-state index in [1.54, 1.807) is 0 Å². The van der Waals surface area contributed by atoms with Crippen LogP contribution in [0.1, 0.15) is 161 Å². The van der Waals surface area contributed by atoms with Crippen molar-refractivity contribution in [1.82, 2.24) is 0 Å². The highest BCUT2D eigenvalue weighted by Crippen LogP contribution is 2.43. The van der Waals surface area contributed by atoms with Gasteiger partial charge in [0.25, 0.3) is 0 Å². The third-order valence-corrected chi connectivity index (χ3v) is 7.84. The molecule has 1 aromatic rings. The van der Waals surface area contributed by atoms with Gasteiger partial charge in [-0.25, -0.2) is 0 Å². The van der Waals surface area contributed by atoms with Crippen LogP contribution in [0.4, 0.5) is 5.69 Å². The molecule has 33 heavy (non-hydrogen) atoms. The van der Waals surface area contributed by atoms with Crippen molar-refractivity contribution in [3.05, 3.63) is 29.8 Å². The van der Waals surface area contributed by atoms with Crippen LogP contribution in [0.2, 0.25) is 0 Å². The van der Waals surface area contributed by atoms with Crippen LogP contribution in [0.3, 0.4) is 0 Å². The van der Waals surface area contributed by atoms with Gasteiger partial charge >= 0.3 is 0 Å². The molecule has 1 aliphatic heterocycles. The summed E-state index contributed by atoms with van der Waals surface area (Å²) in [6.45, 7) is 4.60. The third kappa shape index (κ3) is 11.2. The molecule has 0 spiro atoms. The van der Waals surface area contributed by atoms with Crippen molar-refractivity contribution in [3.8, 4) is 0 Å². The molecule has 1 aliphatic rings. The minimum Gasteiger partial charge on any atom is -0.260 e. The van der Waals surface area contributed by atoms with Crippen molar-refractivity contribution in [2.45, 2.75) is 161 Å². The molecule has 0 saturated carbocycles. The monoisotopic (exact) mass is 453 g/mol. The van der Waals surface area contributed by atoms with Crippen LogP contribution in [-0.2, 0) is 5.41 Å². The van der Waals surface area contributed by atoms with Crippen LogP contribution in [0.25, 0.3) is 0 Å². The Morgan fingerprint density at radius 3 is 1.36 bits per heavy atom. The maximum absolute atomic E-state index is 4.86. The minimum absolute atomic E-state index is 0.219.